The van der Waals surface area contributed by atoms with Crippen LogP contribution >= 0.6 is 0 Å². The molecular weight excluding hydrogens is 1520 g/mol. The van der Waals surface area contributed by atoms with Crippen LogP contribution in [0, 0.1) is 64.0 Å². The average molecular weight is 1620 g/mol. The van der Waals surface area contributed by atoms with E-state index in [1.54, 1.807) is 147 Å². The Balaban J connectivity index is 0.000000194. The fourth-order valence-corrected chi connectivity index (χ4v) is 11.5. The maximum Gasteiger partial charge on any atom is 0.165 e. The number of nitrogens with one attached hydrogen (secondary N) is 2. The number of hydrogen-bond donors (Lipinski definition) is 6. The molecule has 618 valence electrons. The molecule has 2 unspecified atom stereocenters. The fraction of sp³-hybridized carbons (Fsp3) is 0.226. The highest BCUT2D eigenvalue weighted by Gasteiger charge is 2.22. The topological polar surface area (TPSA) is 193 Å². The van der Waals surface area contributed by atoms with Gasteiger partial charge in [0.1, 0.15) is 106 Å². The lowest BCUT2D eigenvalue weighted by Gasteiger charge is -2.20. The van der Waals surface area contributed by atoms with Crippen LogP contribution in [-0.4, -0.2) is 60.5 Å². The number of benzene rings is 12. The van der Waals surface area contributed by atoms with Gasteiger partial charge in [0.05, 0.1) is 7.11 Å². The van der Waals surface area contributed by atoms with Gasteiger partial charge >= 0.3 is 0 Å². The molecule has 6 atom stereocenters. The molecule has 0 aromatic heterocycles. The van der Waals surface area contributed by atoms with E-state index < -0.39 is 23.8 Å². The molecule has 10 N–H and O–H groups in total. The van der Waals surface area contributed by atoms with Crippen molar-refractivity contribution in [3.63, 3.8) is 0 Å². The molecule has 12 aromatic rings. The summed E-state index contributed by atoms with van der Waals surface area (Å²) >= 11 is 0. The molecule has 0 spiro atoms. The van der Waals surface area contributed by atoms with Crippen molar-refractivity contribution in [3.05, 3.63) is 389 Å². The molecular formula is C93H97F11N6O7. The minimum absolute atomic E-state index is 0.179. The molecule has 0 heterocycles. The van der Waals surface area contributed by atoms with Gasteiger partial charge in [0.2, 0.25) is 0 Å². The Labute approximate surface area is 676 Å². The Morgan fingerprint density at radius 1 is 0.239 bits per heavy atom. The minimum atomic E-state index is -0.418. The van der Waals surface area contributed by atoms with E-state index in [1.165, 1.54) is 121 Å². The first kappa shape index (κ1) is 92.4. The van der Waals surface area contributed by atoms with Crippen molar-refractivity contribution in [2.24, 2.45) is 22.9 Å². The largest absolute Gasteiger partial charge is 0.493 e. The SMILES string of the molecule is CNCC[C@@H](Oc1ccccc1F)c1cccc(F)c1.CNCC[C@H](Oc1ccccc1F)c1cccc(F)c1.COc1ccccc1OC(CCN)c1cccc(F)c1.NCCC(Oc1cccc(F)c1)c1cccc(F)c1.NCC[C@@H](Oc1cccc(F)c1)c1cccc(F)c1.NCC[C@H](Oc1cccc(F)c1)c1cccc(F)c1. The van der Waals surface area contributed by atoms with Gasteiger partial charge in [-0.2, -0.15) is 0 Å². The van der Waals surface area contributed by atoms with E-state index in [9.17, 15) is 48.3 Å². The van der Waals surface area contributed by atoms with E-state index >= 15 is 0 Å². The van der Waals surface area contributed by atoms with Crippen LogP contribution < -0.4 is 66.7 Å². The molecule has 0 aliphatic rings. The van der Waals surface area contributed by atoms with Crippen LogP contribution in [0.5, 0.6) is 40.2 Å². The summed E-state index contributed by atoms with van der Waals surface area (Å²) in [6.07, 6.45) is 1.17. The van der Waals surface area contributed by atoms with E-state index in [0.717, 1.165) is 5.56 Å². The number of rotatable bonds is 33. The first-order chi connectivity index (χ1) is 56.7. The van der Waals surface area contributed by atoms with E-state index in [0.29, 0.717) is 134 Å². The van der Waals surface area contributed by atoms with E-state index in [2.05, 4.69) is 10.6 Å². The Bertz CT molecular complexity index is 4530. The molecule has 13 nitrogen and oxygen atoms in total. The Kier molecular flexibility index (Phi) is 40.5. The number of para-hydroxylation sites is 4. The van der Waals surface area contributed by atoms with Crippen LogP contribution in [0.4, 0.5) is 48.3 Å². The van der Waals surface area contributed by atoms with Gasteiger partial charge in [-0.25, -0.2) is 48.3 Å². The number of nitrogens with two attached hydrogens (primary N) is 4. The second-order valence-electron chi connectivity index (χ2n) is 25.9. The van der Waals surface area contributed by atoms with Gasteiger partial charge in [-0.05, 0) is 232 Å². The van der Waals surface area contributed by atoms with Crippen molar-refractivity contribution in [2.45, 2.75) is 75.1 Å². The van der Waals surface area contributed by atoms with Gasteiger partial charge in [0, 0.05) is 56.7 Å². The first-order valence-corrected chi connectivity index (χ1v) is 37.7. The summed E-state index contributed by atoms with van der Waals surface area (Å²) in [5, 5.41) is 6.03. The smallest absolute Gasteiger partial charge is 0.165 e. The molecule has 0 saturated heterocycles. The Morgan fingerprint density at radius 3 is 0.684 bits per heavy atom. The summed E-state index contributed by atoms with van der Waals surface area (Å²) in [4.78, 5) is 0. The third-order valence-electron chi connectivity index (χ3n) is 17.1. The van der Waals surface area contributed by atoms with Gasteiger partial charge in [-0.15, -0.1) is 0 Å². The summed E-state index contributed by atoms with van der Waals surface area (Å²) in [7, 11) is 5.24. The standard InChI is InChI=1S/2C16H17F2NO.C16H18FNO2.3C15H15F2NO/c2*1-19-10-9-15(12-5-4-6-13(17)11-12)20-16-8-3-2-7-14(16)18;1-19-15-7-2-3-8-16(15)20-14(9-10-18)12-5-4-6-13(17)11-12;3*16-12-4-1-3-11(9-12)15(7-8-18)19-14-6-2-5-13(17)10-14/h2*2-8,11,15,19H,9-10H2,1H3;2-8,11,14H,9-10,18H2,1H3;3*1-6,9-10,15H,7-8,18H2/t2*15-;;2*15-;/m10.10./s1. The zero-order valence-electron chi connectivity index (χ0n) is 65.0. The second kappa shape index (κ2) is 51.2. The molecule has 0 amide bonds. The molecule has 12 rings (SSSR count). The minimum Gasteiger partial charge on any atom is -0.493 e. The van der Waals surface area contributed by atoms with Crippen molar-refractivity contribution >= 4 is 0 Å². The molecule has 117 heavy (non-hydrogen) atoms. The van der Waals surface area contributed by atoms with Gasteiger partial charge in [-0.3, -0.25) is 0 Å². The molecule has 0 saturated carbocycles. The lowest BCUT2D eigenvalue weighted by molar-refractivity contribution is 0.186. The number of halogens is 11. The number of ether oxygens (including phenoxy) is 7. The fourth-order valence-electron chi connectivity index (χ4n) is 11.5. The molecule has 0 radical (unpaired) electrons. The molecule has 24 heteroatoms. The molecule has 0 aliphatic carbocycles. The number of methoxy groups -OCH3 is 1. The molecule has 0 bridgehead atoms. The highest BCUT2D eigenvalue weighted by atomic mass is 19.2. The van der Waals surface area contributed by atoms with Crippen molar-refractivity contribution < 1.29 is 81.5 Å². The van der Waals surface area contributed by atoms with Crippen molar-refractivity contribution in [1.29, 1.82) is 0 Å². The maximum atomic E-state index is 13.7. The van der Waals surface area contributed by atoms with Crippen LogP contribution in [0.3, 0.4) is 0 Å². The van der Waals surface area contributed by atoms with Crippen LogP contribution in [-0.2, 0) is 0 Å². The maximum absolute atomic E-state index is 13.7. The van der Waals surface area contributed by atoms with Gasteiger partial charge in [0.25, 0.3) is 0 Å². The lowest BCUT2D eigenvalue weighted by atomic mass is 10.1. The van der Waals surface area contributed by atoms with E-state index in [4.69, 9.17) is 56.1 Å². The second-order valence-corrected chi connectivity index (χ2v) is 25.9. The molecule has 12 aromatic carbocycles. The monoisotopic (exact) mass is 1620 g/mol. The normalized spacial score (nSPS) is 12.1. The Morgan fingerprint density at radius 2 is 0.453 bits per heavy atom. The van der Waals surface area contributed by atoms with Crippen molar-refractivity contribution in [2.75, 3.05) is 60.5 Å². The van der Waals surface area contributed by atoms with Crippen LogP contribution in [0.2, 0.25) is 0 Å². The lowest BCUT2D eigenvalue weighted by Crippen LogP contribution is -2.16. The highest BCUT2D eigenvalue weighted by molar-refractivity contribution is 5.40. The zero-order valence-corrected chi connectivity index (χ0v) is 65.0. The quantitative estimate of drug-likeness (QED) is 0.0213. The van der Waals surface area contributed by atoms with Crippen LogP contribution in [0.1, 0.15) is 109 Å². The molecule has 0 aliphatic heterocycles. The summed E-state index contributed by atoms with van der Waals surface area (Å²) in [5.74, 6) is -1.04. The zero-order chi connectivity index (χ0) is 84.1. The van der Waals surface area contributed by atoms with Gasteiger partial charge in [0.15, 0.2) is 34.6 Å². The van der Waals surface area contributed by atoms with E-state index in [1.807, 2.05) is 44.4 Å². The third kappa shape index (κ3) is 33.2. The Hall–Kier alpha value is -11.8. The summed E-state index contributed by atoms with van der Waals surface area (Å²) in [6.45, 7) is 3.03. The predicted octanol–water partition coefficient (Wildman–Crippen LogP) is 21.0. The highest BCUT2D eigenvalue weighted by Crippen LogP contribution is 2.35. The first-order valence-electron chi connectivity index (χ1n) is 37.7. The predicted molar refractivity (Wildman–Crippen MR) is 435 cm³/mol. The van der Waals surface area contributed by atoms with Crippen LogP contribution in [0.25, 0.3) is 0 Å². The van der Waals surface area contributed by atoms with E-state index in [-0.39, 0.29) is 88.3 Å². The molecule has 0 fully saturated rings. The van der Waals surface area contributed by atoms with Crippen molar-refractivity contribution in [1.82, 2.24) is 10.6 Å². The van der Waals surface area contributed by atoms with Gasteiger partial charge in [-0.1, -0.05) is 127 Å². The van der Waals surface area contributed by atoms with Gasteiger partial charge < -0.3 is 66.7 Å². The average Bonchev–Trinajstić information content (AvgIpc) is 0.820. The van der Waals surface area contributed by atoms with Crippen LogP contribution in [0.15, 0.2) is 291 Å². The number of hydrogen-bond acceptors (Lipinski definition) is 13. The third-order valence-corrected chi connectivity index (χ3v) is 17.1. The summed E-state index contributed by atoms with van der Waals surface area (Å²) < 4.78 is 186. The summed E-state index contributed by atoms with van der Waals surface area (Å²) in [6, 6.07) is 74.6. The summed E-state index contributed by atoms with van der Waals surface area (Å²) in [5.41, 5.74) is 26.5. The van der Waals surface area contributed by atoms with Crippen molar-refractivity contribution in [3.8, 4) is 40.2 Å².